The van der Waals surface area contributed by atoms with Crippen LogP contribution in [0.1, 0.15) is 41.6 Å². The number of sulfonamides is 1. The van der Waals surface area contributed by atoms with E-state index < -0.39 is 15.9 Å². The zero-order valence-electron chi connectivity index (χ0n) is 17.9. The Bertz CT molecular complexity index is 1200. The Morgan fingerprint density at radius 1 is 1.16 bits per heavy atom. The number of benzene rings is 1. The molecule has 2 N–H and O–H groups in total. The van der Waals surface area contributed by atoms with E-state index in [1.807, 2.05) is 19.9 Å². The number of anilines is 2. The third-order valence-corrected chi connectivity index (χ3v) is 5.86. The summed E-state index contributed by atoms with van der Waals surface area (Å²) >= 11 is 0. The van der Waals surface area contributed by atoms with Crippen molar-refractivity contribution in [2.75, 3.05) is 17.1 Å². The molecule has 0 aliphatic heterocycles. The van der Waals surface area contributed by atoms with Gasteiger partial charge >= 0.3 is 0 Å². The Labute approximate surface area is 180 Å². The van der Waals surface area contributed by atoms with Crippen LogP contribution in [0.3, 0.4) is 0 Å². The SMILES string of the molecule is COc1ncc(NC(=O)c2ncn(C(C)C)n2)cc1S(=O)(=O)Nc1c(C)cccc1C. The summed E-state index contributed by atoms with van der Waals surface area (Å²) in [5.74, 6) is -0.723. The maximum absolute atomic E-state index is 13.1. The molecule has 0 radical (unpaired) electrons. The van der Waals surface area contributed by atoms with Gasteiger partial charge in [-0.3, -0.25) is 9.52 Å². The molecule has 0 saturated heterocycles. The van der Waals surface area contributed by atoms with Crippen molar-refractivity contribution in [3.63, 3.8) is 0 Å². The van der Waals surface area contributed by atoms with E-state index in [2.05, 4.69) is 25.1 Å². The predicted octanol–water partition coefficient (Wildman–Crippen LogP) is 2.93. The molecule has 1 aromatic carbocycles. The number of pyridine rings is 1. The van der Waals surface area contributed by atoms with Crippen LogP contribution in [0.15, 0.2) is 41.7 Å². The number of nitrogens with one attached hydrogen (secondary N) is 2. The normalized spacial score (nSPS) is 11.4. The average molecular weight is 445 g/mol. The number of amides is 1. The first-order valence-corrected chi connectivity index (χ1v) is 11.0. The second-order valence-electron chi connectivity index (χ2n) is 7.20. The monoisotopic (exact) mass is 444 g/mol. The molecular weight excluding hydrogens is 420 g/mol. The molecule has 0 unspecified atom stereocenters. The van der Waals surface area contributed by atoms with E-state index in [0.717, 1.165) is 11.1 Å². The standard InChI is InChI=1S/C20H24N6O4S/c1-12(2)26-11-22-18(24-26)19(27)23-15-9-16(20(30-5)21-10-15)31(28,29)25-17-13(3)7-6-8-14(17)4/h6-12,25H,1-5H3,(H,23,27). The molecule has 2 aromatic heterocycles. The van der Waals surface area contributed by atoms with Crippen LogP contribution in [0.2, 0.25) is 0 Å². The van der Waals surface area contributed by atoms with Crippen molar-refractivity contribution in [3.8, 4) is 5.88 Å². The van der Waals surface area contributed by atoms with Crippen LogP contribution in [-0.2, 0) is 10.0 Å². The number of carbonyl (C=O) groups is 1. The minimum absolute atomic E-state index is 0.0393. The molecule has 10 nitrogen and oxygen atoms in total. The summed E-state index contributed by atoms with van der Waals surface area (Å²) in [7, 11) is -2.73. The Balaban J connectivity index is 1.91. The fraction of sp³-hybridized carbons (Fsp3) is 0.300. The minimum Gasteiger partial charge on any atom is -0.480 e. The molecule has 31 heavy (non-hydrogen) atoms. The highest BCUT2D eigenvalue weighted by molar-refractivity contribution is 7.92. The minimum atomic E-state index is -4.06. The van der Waals surface area contributed by atoms with E-state index in [1.165, 1.54) is 25.7 Å². The molecule has 0 fully saturated rings. The van der Waals surface area contributed by atoms with E-state index in [0.29, 0.717) is 5.69 Å². The molecule has 0 bridgehead atoms. The molecule has 11 heteroatoms. The van der Waals surface area contributed by atoms with Crippen LogP contribution in [0.5, 0.6) is 5.88 Å². The summed E-state index contributed by atoms with van der Waals surface area (Å²) in [5.41, 5.74) is 2.18. The van der Waals surface area contributed by atoms with Gasteiger partial charge in [-0.25, -0.2) is 23.1 Å². The lowest BCUT2D eigenvalue weighted by Crippen LogP contribution is -2.18. The quantitative estimate of drug-likeness (QED) is 0.573. The van der Waals surface area contributed by atoms with Crippen LogP contribution in [0.4, 0.5) is 11.4 Å². The van der Waals surface area contributed by atoms with Gasteiger partial charge in [-0.1, -0.05) is 18.2 Å². The van der Waals surface area contributed by atoms with Crippen molar-refractivity contribution in [3.05, 3.63) is 53.7 Å². The largest absolute Gasteiger partial charge is 0.480 e. The van der Waals surface area contributed by atoms with E-state index in [1.54, 1.807) is 30.7 Å². The van der Waals surface area contributed by atoms with Gasteiger partial charge in [0.25, 0.3) is 15.9 Å². The van der Waals surface area contributed by atoms with E-state index in [-0.39, 0.29) is 28.3 Å². The number of hydrogen-bond donors (Lipinski definition) is 2. The molecular formula is C20H24N6O4S. The summed E-state index contributed by atoms with van der Waals surface area (Å²) in [5, 5.41) is 6.68. The van der Waals surface area contributed by atoms with Crippen molar-refractivity contribution in [1.29, 1.82) is 0 Å². The molecule has 0 aliphatic carbocycles. The van der Waals surface area contributed by atoms with E-state index >= 15 is 0 Å². The molecule has 3 aromatic rings. The number of hydrogen-bond acceptors (Lipinski definition) is 7. The maximum Gasteiger partial charge on any atom is 0.295 e. The van der Waals surface area contributed by atoms with Crippen LogP contribution in [-0.4, -0.2) is 41.2 Å². The van der Waals surface area contributed by atoms with Gasteiger partial charge in [-0.2, -0.15) is 0 Å². The topological polar surface area (TPSA) is 128 Å². The van der Waals surface area contributed by atoms with E-state index in [9.17, 15) is 13.2 Å². The lowest BCUT2D eigenvalue weighted by Gasteiger charge is -2.15. The number of methoxy groups -OCH3 is 1. The average Bonchev–Trinajstić information content (AvgIpc) is 3.22. The number of ether oxygens (including phenoxy) is 1. The van der Waals surface area contributed by atoms with Crippen molar-refractivity contribution < 1.29 is 17.9 Å². The fourth-order valence-corrected chi connectivity index (χ4v) is 4.17. The van der Waals surface area contributed by atoms with Gasteiger partial charge in [-0.15, -0.1) is 5.10 Å². The molecule has 0 saturated carbocycles. The summed E-state index contributed by atoms with van der Waals surface area (Å²) in [6, 6.07) is 6.78. The van der Waals surface area contributed by atoms with E-state index in [4.69, 9.17) is 4.74 Å². The van der Waals surface area contributed by atoms with Crippen molar-refractivity contribution >= 4 is 27.3 Å². The maximum atomic E-state index is 13.1. The van der Waals surface area contributed by atoms with Crippen LogP contribution in [0.25, 0.3) is 0 Å². The molecule has 0 aliphatic rings. The van der Waals surface area contributed by atoms with Crippen LogP contribution >= 0.6 is 0 Å². The highest BCUT2D eigenvalue weighted by Gasteiger charge is 2.24. The Kier molecular flexibility index (Phi) is 6.25. The lowest BCUT2D eigenvalue weighted by atomic mass is 10.1. The first-order valence-electron chi connectivity index (χ1n) is 9.48. The molecule has 3 rings (SSSR count). The molecule has 0 spiro atoms. The van der Waals surface area contributed by atoms with Crippen LogP contribution < -0.4 is 14.8 Å². The summed E-state index contributed by atoms with van der Waals surface area (Å²) < 4.78 is 35.5. The van der Waals surface area contributed by atoms with Gasteiger partial charge in [0.05, 0.1) is 24.7 Å². The fourth-order valence-electron chi connectivity index (χ4n) is 2.83. The zero-order chi connectivity index (χ0) is 22.8. The predicted molar refractivity (Wildman–Crippen MR) is 116 cm³/mol. The number of carbonyl (C=O) groups excluding carboxylic acids is 1. The molecule has 1 amide bonds. The summed E-state index contributed by atoms with van der Waals surface area (Å²) in [4.78, 5) is 20.3. The zero-order valence-corrected chi connectivity index (χ0v) is 18.7. The molecule has 0 atom stereocenters. The Morgan fingerprint density at radius 2 is 1.84 bits per heavy atom. The number of aromatic nitrogens is 4. The van der Waals surface area contributed by atoms with Crippen LogP contribution in [0, 0.1) is 13.8 Å². The Morgan fingerprint density at radius 3 is 2.42 bits per heavy atom. The summed E-state index contributed by atoms with van der Waals surface area (Å²) in [6.45, 7) is 7.43. The number of nitrogens with zero attached hydrogens (tertiary/aromatic N) is 4. The Hall–Kier alpha value is -3.47. The van der Waals surface area contributed by atoms with Crippen molar-refractivity contribution in [2.45, 2.75) is 38.6 Å². The summed E-state index contributed by atoms with van der Waals surface area (Å²) in [6.07, 6.45) is 2.75. The number of para-hydroxylation sites is 1. The van der Waals surface area contributed by atoms with Gasteiger partial charge in [0, 0.05) is 6.04 Å². The molecule has 2 heterocycles. The number of rotatable bonds is 7. The third-order valence-electron chi connectivity index (χ3n) is 4.52. The second kappa shape index (κ2) is 8.72. The van der Waals surface area contributed by atoms with Gasteiger partial charge < -0.3 is 10.1 Å². The van der Waals surface area contributed by atoms with Gasteiger partial charge in [0.2, 0.25) is 11.7 Å². The third kappa shape index (κ3) is 4.82. The van der Waals surface area contributed by atoms with Crippen molar-refractivity contribution in [1.82, 2.24) is 19.7 Å². The molecule has 164 valence electrons. The van der Waals surface area contributed by atoms with Gasteiger partial charge in [-0.05, 0) is 44.9 Å². The lowest BCUT2D eigenvalue weighted by molar-refractivity contribution is 0.101. The highest BCUT2D eigenvalue weighted by atomic mass is 32.2. The van der Waals surface area contributed by atoms with Gasteiger partial charge in [0.15, 0.2) is 4.90 Å². The highest BCUT2D eigenvalue weighted by Crippen LogP contribution is 2.29. The number of aryl methyl sites for hydroxylation is 2. The van der Waals surface area contributed by atoms with Crippen molar-refractivity contribution in [2.24, 2.45) is 0 Å². The second-order valence-corrected chi connectivity index (χ2v) is 8.85. The first-order chi connectivity index (χ1) is 14.6. The van der Waals surface area contributed by atoms with Gasteiger partial charge in [0.1, 0.15) is 6.33 Å². The smallest absolute Gasteiger partial charge is 0.295 e. The first kappa shape index (κ1) is 22.2.